The van der Waals surface area contributed by atoms with E-state index in [-0.39, 0.29) is 53.7 Å². The van der Waals surface area contributed by atoms with Crippen LogP contribution in [0.15, 0.2) is 176 Å². The maximum atomic E-state index is 12.7. The number of anilines is 5. The number of aromatic amines is 1. The second kappa shape index (κ2) is 36.8. The lowest BCUT2D eigenvalue weighted by Gasteiger charge is -2.21. The van der Waals surface area contributed by atoms with E-state index in [2.05, 4.69) is 139 Å². The standard InChI is InChI=1S/C20H18ClN7O2.C14H15Cl2N3O2.C14H13Cl2N3O.C12H14ClN3O.C12H11ClN2.C6H6N4O.C6H8N2.ClH/c1-26-9-22-19-17(26)20(29)28(10-23-19)8-15-24-18(25-30-15)16-13-6-27(7-14(13)16)12-4-2-11(21)3-5-12;15-5-12(20)21-18-14(17)13-10-6-19(7-11(10)13)9-3-1-8(16)2-4-9;15-5-12-17-14(18-20-12)13-10-6-19(7-11(10)13)9-3-1-8(16)2-4-9;13-7-1-3-8(4-2-7)16-5-9-10(6-16)11(9)12(14)15-17;13-8-1-3-9(4-2-8)15-6-11-10(5-14)12(11)7-15;1-10-3-9-5-4(10)6(11)8-2-7-5;7-1-4-5-2-8-3-6(4)5;/h2-5,9-10,13-14,16H,6-8H2,1H3;1-4,10-11,13H,5-7H2,(H2,17,18);1-4,10-11,13H,5-7H2;1-4,9-11,17H,5-6H2,(H2,14,15);1-4,10-12H,6-7H2;2-3H,1H3,(H,7,8,11);4-6,8H,2-3H2;1H/t13-,14+,16?;;;;;;;. The van der Waals surface area contributed by atoms with Crippen LogP contribution in [0.3, 0.4) is 0 Å². The smallest absolute Gasteiger partial charge is 0.349 e. The average Bonchev–Trinajstić information content (AvgIpc) is 1.57. The third-order valence-electron chi connectivity index (χ3n) is 25.7. The lowest BCUT2D eigenvalue weighted by Crippen LogP contribution is -2.28. The van der Waals surface area contributed by atoms with Crippen molar-refractivity contribution in [2.75, 3.05) is 109 Å². The Bertz CT molecular complexity index is 5820. The Kier molecular flexibility index (Phi) is 25.7. The quantitative estimate of drug-likeness (QED) is 0.0169. The van der Waals surface area contributed by atoms with E-state index in [4.69, 9.17) is 117 Å². The number of piperidine rings is 6. The van der Waals surface area contributed by atoms with Crippen LogP contribution in [-0.4, -0.2) is 166 Å². The number of amidine groups is 2. The minimum atomic E-state index is -0.590. The number of alkyl halides is 2. The molecule has 11 unspecified atom stereocenters. The fourth-order valence-electron chi connectivity index (χ4n) is 18.9. The summed E-state index contributed by atoms with van der Waals surface area (Å²) >= 11 is 40.5. The van der Waals surface area contributed by atoms with Crippen LogP contribution in [0.25, 0.3) is 22.3 Å². The van der Waals surface area contributed by atoms with Crippen LogP contribution in [-0.2, 0) is 36.2 Å². The predicted octanol–water partition coefficient (Wildman–Crippen LogP) is 11.8. The molecule has 12 aliphatic rings. The third-order valence-corrected chi connectivity index (χ3v) is 27.4. The Balaban J connectivity index is 0.000000109. The van der Waals surface area contributed by atoms with Gasteiger partial charge < -0.3 is 74.5 Å². The maximum Gasteiger partial charge on any atom is 0.349 e. The van der Waals surface area contributed by atoms with Gasteiger partial charge in [-0.3, -0.25) is 14.2 Å². The zero-order valence-electron chi connectivity index (χ0n) is 66.4. The summed E-state index contributed by atoms with van der Waals surface area (Å²) in [6.07, 6.45) is 5.95. The number of hydrogen-bond acceptors (Lipinski definition) is 25. The first-order valence-corrected chi connectivity index (χ1v) is 43.1. The minimum absolute atomic E-state index is 0. The van der Waals surface area contributed by atoms with Gasteiger partial charge in [-0.1, -0.05) is 78.6 Å². The van der Waals surface area contributed by atoms with Crippen molar-refractivity contribution < 1.29 is 23.9 Å². The number of nitrogens with one attached hydrogen (secondary N) is 2. The van der Waals surface area contributed by atoms with Gasteiger partial charge in [0.25, 0.3) is 11.1 Å². The van der Waals surface area contributed by atoms with E-state index in [0.717, 1.165) is 133 Å². The highest BCUT2D eigenvalue weighted by Gasteiger charge is 2.62. The van der Waals surface area contributed by atoms with Gasteiger partial charge in [0.15, 0.2) is 34.0 Å². The van der Waals surface area contributed by atoms with Crippen molar-refractivity contribution >= 4 is 162 Å². The predicted molar refractivity (Wildman–Crippen MR) is 472 cm³/mol. The molecule has 11 aromatic rings. The highest BCUT2D eigenvalue weighted by Crippen LogP contribution is 2.60. The molecule has 640 valence electrons. The second-order valence-corrected chi connectivity index (χ2v) is 35.5. The number of fused-ring (bicyclic) bond motifs is 8. The molecule has 6 saturated carbocycles. The zero-order chi connectivity index (χ0) is 84.9. The third kappa shape index (κ3) is 18.7. The molecule has 0 bridgehead atoms. The molecule has 7 N–H and O–H groups in total. The first-order valence-electron chi connectivity index (χ1n) is 40.2. The number of aryl methyl sites for hydroxylation is 2. The molecule has 13 atom stereocenters. The van der Waals surface area contributed by atoms with Gasteiger partial charge in [0.1, 0.15) is 36.3 Å². The van der Waals surface area contributed by atoms with Gasteiger partial charge in [-0.25, -0.2) is 24.7 Å². The summed E-state index contributed by atoms with van der Waals surface area (Å²) in [5.74, 6) is 11.7. The van der Waals surface area contributed by atoms with Crippen molar-refractivity contribution in [1.29, 1.82) is 10.5 Å². The number of H-pyrrole nitrogens is 1. The summed E-state index contributed by atoms with van der Waals surface area (Å²) in [5.41, 5.74) is 19.0. The number of nitrogens with two attached hydrogens (primary N) is 2. The number of rotatable bonds is 14. The van der Waals surface area contributed by atoms with Gasteiger partial charge in [0.2, 0.25) is 11.8 Å². The van der Waals surface area contributed by atoms with Crippen LogP contribution in [0.5, 0.6) is 0 Å². The molecule has 23 rings (SSSR count). The van der Waals surface area contributed by atoms with E-state index in [1.807, 2.05) is 84.9 Å². The molecule has 6 aliphatic heterocycles. The molecule has 6 aliphatic carbocycles. The molecule has 0 radical (unpaired) electrons. The summed E-state index contributed by atoms with van der Waals surface area (Å²) in [7, 11) is 3.53. The van der Waals surface area contributed by atoms with Crippen LogP contribution >= 0.6 is 93.6 Å². The Morgan fingerprint density at radius 2 is 0.870 bits per heavy atom. The Morgan fingerprint density at radius 3 is 1.24 bits per heavy atom. The fourth-order valence-corrected chi connectivity index (χ4v) is 19.7. The van der Waals surface area contributed by atoms with Crippen LogP contribution in [0.2, 0.25) is 25.1 Å². The van der Waals surface area contributed by atoms with Crippen molar-refractivity contribution in [3.05, 3.63) is 216 Å². The molecule has 0 spiro atoms. The SMILES string of the molecule is Cl.ClCc1nc(C2C3CN(c4ccc(Cl)cc4)CC32)no1.Cn1cnc2nc[nH]c(=O)c21.Cn1cnc2ncn(Cc3nc(C4[C@H]5CN(c6ccc(Cl)cc6)C[C@@H]45)no3)c(=O)c21.N#CC1C2CN(c3ccc(Cl)cc3)CC12.N#CC1C2CNCC12.N/C(=N\O)C1C2CN(c3ccc(Cl)cc3)CC21.N/C(=N\OC(=O)CCl)C1C2CN(c3ccc(Cl)cc3)CC21. The molecule has 12 heterocycles. The molecule has 31 nitrogen and oxygen atoms in total. The molecule has 6 aromatic heterocycles. The topological polar surface area (TPSA) is 393 Å². The summed E-state index contributed by atoms with van der Waals surface area (Å²) in [6.45, 7) is 12.3. The Morgan fingerprint density at radius 1 is 0.512 bits per heavy atom. The van der Waals surface area contributed by atoms with Gasteiger partial charge in [-0.15, -0.1) is 35.6 Å². The van der Waals surface area contributed by atoms with E-state index in [9.17, 15) is 14.4 Å². The largest absolute Gasteiger partial charge is 0.409 e. The molecular formula is C84H86Cl8N24O7. The number of hydrogen-bond donors (Lipinski definition) is 5. The van der Waals surface area contributed by atoms with Crippen LogP contribution in [0.1, 0.15) is 35.3 Å². The summed E-state index contributed by atoms with van der Waals surface area (Å²) in [6, 6.07) is 44.3. The van der Waals surface area contributed by atoms with Gasteiger partial charge in [0.05, 0.1) is 43.0 Å². The highest BCUT2D eigenvalue weighted by atomic mass is 35.5. The summed E-state index contributed by atoms with van der Waals surface area (Å²) in [5, 5.41) is 47.9. The zero-order valence-corrected chi connectivity index (χ0v) is 72.5. The van der Waals surface area contributed by atoms with Gasteiger partial charge in [-0.05, 0) is 205 Å². The van der Waals surface area contributed by atoms with Gasteiger partial charge >= 0.3 is 5.97 Å². The summed E-state index contributed by atoms with van der Waals surface area (Å²) < 4.78 is 15.3. The normalized spacial score (nSPS) is 27.2. The molecule has 0 amide bonds. The molecule has 5 aromatic carbocycles. The fraction of sp³-hybridized carbons (Fsp3) is 0.417. The Labute approximate surface area is 747 Å². The molecule has 123 heavy (non-hydrogen) atoms. The second-order valence-electron chi connectivity index (χ2n) is 32.8. The number of aromatic nitrogens is 12. The van der Waals surface area contributed by atoms with E-state index in [1.54, 1.807) is 35.9 Å². The monoisotopic (exact) mass is 1820 g/mol. The number of imidazole rings is 2. The van der Waals surface area contributed by atoms with Gasteiger partial charge in [0, 0.05) is 157 Å². The van der Waals surface area contributed by atoms with Crippen LogP contribution < -0.4 is 52.4 Å². The first kappa shape index (κ1) is 86.1. The van der Waals surface area contributed by atoms with Crippen molar-refractivity contribution in [2.24, 2.45) is 131 Å². The number of benzene rings is 5. The number of nitrogens with zero attached hydrogens (tertiary/aromatic N) is 20. The highest BCUT2D eigenvalue weighted by molar-refractivity contribution is 6.32. The van der Waals surface area contributed by atoms with Crippen molar-refractivity contribution in [2.45, 2.75) is 24.3 Å². The van der Waals surface area contributed by atoms with Crippen LogP contribution in [0.4, 0.5) is 28.4 Å². The lowest BCUT2D eigenvalue weighted by atomic mass is 10.2. The average molecular weight is 1830 g/mol. The molecule has 12 fully saturated rings. The number of oxime groups is 2. The number of halogens is 8. The number of nitriles is 2. The van der Waals surface area contributed by atoms with Crippen molar-refractivity contribution in [3.63, 3.8) is 0 Å². The van der Waals surface area contributed by atoms with Crippen LogP contribution in [0, 0.1) is 117 Å². The summed E-state index contributed by atoms with van der Waals surface area (Å²) in [4.78, 5) is 78.6. The maximum absolute atomic E-state index is 12.7. The lowest BCUT2D eigenvalue weighted by molar-refractivity contribution is -0.140. The van der Waals surface area contributed by atoms with Crippen molar-refractivity contribution in [1.82, 2.24) is 64.2 Å². The first-order chi connectivity index (χ1) is 59.1. The van der Waals surface area contributed by atoms with Crippen molar-refractivity contribution in [3.8, 4) is 12.1 Å². The van der Waals surface area contributed by atoms with E-state index >= 15 is 0 Å². The number of carbonyl (C=O) groups is 1. The molecular weight excluding hydrogens is 1740 g/mol. The number of carbonyl (C=O) groups excluding carboxylic acids is 1. The minimum Gasteiger partial charge on any atom is -0.409 e. The van der Waals surface area contributed by atoms with E-state index < -0.39 is 5.97 Å². The van der Waals surface area contributed by atoms with E-state index in [1.165, 1.54) is 40.0 Å². The van der Waals surface area contributed by atoms with E-state index in [0.29, 0.717) is 129 Å². The molecule has 6 saturated heterocycles. The Hall–Kier alpha value is -10.5. The molecule has 39 heteroatoms. The van der Waals surface area contributed by atoms with Gasteiger partial charge in [-0.2, -0.15) is 20.5 Å².